The number of halogens is 1. The maximum Gasteiger partial charge on any atom is 0.277 e. The SMILES string of the molecule is N#CCCN(C(=O)CSc1nnc(-c2ccccc2)o1)c1ccc(F)cc1. The van der Waals surface area contributed by atoms with Crippen molar-refractivity contribution in [3.05, 3.63) is 60.4 Å². The minimum absolute atomic E-state index is 0.0548. The van der Waals surface area contributed by atoms with Crippen LogP contribution in [0, 0.1) is 17.1 Å². The van der Waals surface area contributed by atoms with Gasteiger partial charge in [-0.2, -0.15) is 5.26 Å². The second-order valence-electron chi connectivity index (χ2n) is 5.46. The molecule has 0 aliphatic rings. The predicted octanol–water partition coefficient (Wildman–Crippen LogP) is 3.91. The van der Waals surface area contributed by atoms with Gasteiger partial charge < -0.3 is 9.32 Å². The van der Waals surface area contributed by atoms with Crippen molar-refractivity contribution in [2.45, 2.75) is 11.6 Å². The summed E-state index contributed by atoms with van der Waals surface area (Å²) in [6.07, 6.45) is 0.173. The molecule has 2 aromatic carbocycles. The normalized spacial score (nSPS) is 10.4. The number of anilines is 1. The van der Waals surface area contributed by atoms with Crippen molar-refractivity contribution in [2.24, 2.45) is 0 Å². The third-order valence-corrected chi connectivity index (χ3v) is 4.44. The summed E-state index contributed by atoms with van der Waals surface area (Å²) in [6, 6.07) is 16.9. The number of nitriles is 1. The van der Waals surface area contributed by atoms with Gasteiger partial charge >= 0.3 is 0 Å². The molecular weight excluding hydrogens is 367 g/mol. The Morgan fingerprint density at radius 2 is 1.89 bits per heavy atom. The third kappa shape index (κ3) is 4.92. The highest BCUT2D eigenvalue weighted by molar-refractivity contribution is 7.99. The number of nitrogens with zero attached hydrogens (tertiary/aromatic N) is 4. The zero-order valence-corrected chi connectivity index (χ0v) is 15.0. The summed E-state index contributed by atoms with van der Waals surface area (Å²) >= 11 is 1.12. The van der Waals surface area contributed by atoms with Gasteiger partial charge in [0.25, 0.3) is 5.22 Å². The first-order valence-electron chi connectivity index (χ1n) is 8.12. The molecule has 0 spiro atoms. The Hall–Kier alpha value is -3.18. The number of hydrogen-bond acceptors (Lipinski definition) is 6. The molecule has 0 N–H and O–H groups in total. The van der Waals surface area contributed by atoms with E-state index in [1.54, 1.807) is 0 Å². The largest absolute Gasteiger partial charge is 0.411 e. The Kier molecular flexibility index (Phi) is 6.18. The van der Waals surface area contributed by atoms with E-state index < -0.39 is 0 Å². The number of thioether (sulfide) groups is 1. The van der Waals surface area contributed by atoms with Crippen LogP contribution < -0.4 is 4.90 Å². The van der Waals surface area contributed by atoms with Crippen molar-refractivity contribution in [1.82, 2.24) is 10.2 Å². The van der Waals surface area contributed by atoms with Gasteiger partial charge in [0.15, 0.2) is 0 Å². The highest BCUT2D eigenvalue weighted by atomic mass is 32.2. The molecule has 0 saturated heterocycles. The molecule has 0 atom stereocenters. The minimum Gasteiger partial charge on any atom is -0.411 e. The van der Waals surface area contributed by atoms with Crippen molar-refractivity contribution in [3.63, 3.8) is 0 Å². The van der Waals surface area contributed by atoms with Crippen LogP contribution in [0.25, 0.3) is 11.5 Å². The van der Waals surface area contributed by atoms with Crippen molar-refractivity contribution in [3.8, 4) is 17.5 Å². The Morgan fingerprint density at radius 1 is 1.15 bits per heavy atom. The van der Waals surface area contributed by atoms with E-state index in [0.29, 0.717) is 11.6 Å². The van der Waals surface area contributed by atoms with Crippen LogP contribution in [0.1, 0.15) is 6.42 Å². The lowest BCUT2D eigenvalue weighted by Gasteiger charge is -2.21. The second-order valence-corrected chi connectivity index (χ2v) is 6.38. The van der Waals surface area contributed by atoms with Crippen LogP contribution in [0.15, 0.2) is 64.2 Å². The zero-order chi connectivity index (χ0) is 19.1. The summed E-state index contributed by atoms with van der Waals surface area (Å²) in [6.45, 7) is 0.223. The molecule has 136 valence electrons. The molecule has 0 fully saturated rings. The molecule has 0 saturated carbocycles. The van der Waals surface area contributed by atoms with Gasteiger partial charge in [0.1, 0.15) is 5.82 Å². The third-order valence-electron chi connectivity index (χ3n) is 3.63. The first-order chi connectivity index (χ1) is 13.2. The van der Waals surface area contributed by atoms with Crippen LogP contribution in [0.2, 0.25) is 0 Å². The summed E-state index contributed by atoms with van der Waals surface area (Å²) < 4.78 is 18.7. The zero-order valence-electron chi connectivity index (χ0n) is 14.2. The van der Waals surface area contributed by atoms with E-state index in [-0.39, 0.29) is 35.7 Å². The van der Waals surface area contributed by atoms with E-state index in [0.717, 1.165) is 17.3 Å². The molecule has 0 unspecified atom stereocenters. The second kappa shape index (κ2) is 8.96. The molecule has 0 aliphatic carbocycles. The van der Waals surface area contributed by atoms with E-state index in [4.69, 9.17) is 9.68 Å². The van der Waals surface area contributed by atoms with Gasteiger partial charge in [-0.15, -0.1) is 10.2 Å². The van der Waals surface area contributed by atoms with Gasteiger partial charge in [-0.25, -0.2) is 4.39 Å². The van der Waals surface area contributed by atoms with Crippen LogP contribution in [-0.2, 0) is 4.79 Å². The number of carbonyl (C=O) groups is 1. The number of amides is 1. The molecule has 1 aromatic heterocycles. The highest BCUT2D eigenvalue weighted by Gasteiger charge is 2.18. The number of hydrogen-bond donors (Lipinski definition) is 0. The fourth-order valence-corrected chi connectivity index (χ4v) is 2.99. The summed E-state index contributed by atoms with van der Waals surface area (Å²) in [5.74, 6) is -0.189. The summed E-state index contributed by atoms with van der Waals surface area (Å²) in [4.78, 5) is 14.0. The molecule has 3 rings (SSSR count). The van der Waals surface area contributed by atoms with Gasteiger partial charge in [-0.1, -0.05) is 30.0 Å². The topological polar surface area (TPSA) is 83.0 Å². The molecule has 27 heavy (non-hydrogen) atoms. The standard InChI is InChI=1S/C19H15FN4O2S/c20-15-7-9-16(10-8-15)24(12-4-11-21)17(25)13-27-19-23-22-18(26-19)14-5-2-1-3-6-14/h1-3,5-10H,4,12-13H2. The fourth-order valence-electron chi connectivity index (χ4n) is 2.35. The highest BCUT2D eigenvalue weighted by Crippen LogP contribution is 2.24. The average molecular weight is 382 g/mol. The van der Waals surface area contributed by atoms with Crippen LogP contribution >= 0.6 is 11.8 Å². The lowest BCUT2D eigenvalue weighted by Crippen LogP contribution is -2.33. The van der Waals surface area contributed by atoms with Gasteiger partial charge in [0.2, 0.25) is 11.8 Å². The maximum absolute atomic E-state index is 13.1. The number of benzene rings is 2. The molecule has 0 radical (unpaired) electrons. The molecule has 1 heterocycles. The van der Waals surface area contributed by atoms with Crippen molar-refractivity contribution < 1.29 is 13.6 Å². The van der Waals surface area contributed by atoms with Gasteiger partial charge in [0.05, 0.1) is 18.2 Å². The molecule has 1 amide bonds. The Morgan fingerprint density at radius 3 is 2.59 bits per heavy atom. The number of rotatable bonds is 7. The van der Waals surface area contributed by atoms with E-state index in [2.05, 4.69) is 10.2 Å². The molecular formula is C19H15FN4O2S. The van der Waals surface area contributed by atoms with E-state index in [9.17, 15) is 9.18 Å². The van der Waals surface area contributed by atoms with Gasteiger partial charge in [-0.3, -0.25) is 4.79 Å². The maximum atomic E-state index is 13.1. The fraction of sp³-hybridized carbons (Fsp3) is 0.158. The van der Waals surface area contributed by atoms with Crippen molar-refractivity contribution in [1.29, 1.82) is 5.26 Å². The quantitative estimate of drug-likeness (QED) is 0.576. The first kappa shape index (κ1) is 18.6. The predicted molar refractivity (Wildman–Crippen MR) is 99.4 cm³/mol. The number of carbonyl (C=O) groups excluding carboxylic acids is 1. The summed E-state index contributed by atoms with van der Waals surface area (Å²) in [5.41, 5.74) is 1.33. The van der Waals surface area contributed by atoms with Crippen molar-refractivity contribution in [2.75, 3.05) is 17.2 Å². The molecule has 0 aliphatic heterocycles. The van der Waals surface area contributed by atoms with E-state index in [1.807, 2.05) is 36.4 Å². The van der Waals surface area contributed by atoms with Crippen molar-refractivity contribution >= 4 is 23.4 Å². The smallest absolute Gasteiger partial charge is 0.277 e. The molecule has 6 nitrogen and oxygen atoms in total. The molecule has 0 bridgehead atoms. The van der Waals surface area contributed by atoms with Gasteiger partial charge in [-0.05, 0) is 36.4 Å². The number of aromatic nitrogens is 2. The minimum atomic E-state index is -0.389. The Labute approximate surface area is 159 Å². The van der Waals surface area contributed by atoms with E-state index in [1.165, 1.54) is 29.2 Å². The average Bonchev–Trinajstić information content (AvgIpc) is 3.18. The lowest BCUT2D eigenvalue weighted by molar-refractivity contribution is -0.116. The van der Waals surface area contributed by atoms with Crippen LogP contribution in [0.3, 0.4) is 0 Å². The van der Waals surface area contributed by atoms with E-state index >= 15 is 0 Å². The Bertz CT molecular complexity index is 938. The Balaban J connectivity index is 1.66. The molecule has 8 heteroatoms. The first-order valence-corrected chi connectivity index (χ1v) is 9.10. The lowest BCUT2D eigenvalue weighted by atomic mass is 10.2. The van der Waals surface area contributed by atoms with Gasteiger partial charge in [0, 0.05) is 17.8 Å². The summed E-state index contributed by atoms with van der Waals surface area (Å²) in [7, 11) is 0. The van der Waals surface area contributed by atoms with Crippen LogP contribution in [-0.4, -0.2) is 28.4 Å². The molecule has 3 aromatic rings. The van der Waals surface area contributed by atoms with Crippen LogP contribution in [0.4, 0.5) is 10.1 Å². The monoisotopic (exact) mass is 382 g/mol. The van der Waals surface area contributed by atoms with Crippen LogP contribution in [0.5, 0.6) is 0 Å². The summed E-state index contributed by atoms with van der Waals surface area (Å²) in [5, 5.41) is 17.0.